The van der Waals surface area contributed by atoms with E-state index in [1.54, 1.807) is 12.1 Å². The first-order valence-corrected chi connectivity index (χ1v) is 10.1. The van der Waals surface area contributed by atoms with E-state index in [1.807, 2.05) is 60.3 Å². The van der Waals surface area contributed by atoms with Crippen molar-refractivity contribution in [3.63, 3.8) is 0 Å². The molecule has 1 amide bonds. The number of halogens is 2. The van der Waals surface area contributed by atoms with Crippen LogP contribution in [0.4, 0.5) is 4.39 Å². The Hall–Kier alpha value is -3.51. The van der Waals surface area contributed by atoms with Gasteiger partial charge in [0.15, 0.2) is 5.76 Å². The van der Waals surface area contributed by atoms with Gasteiger partial charge >= 0.3 is 0 Å². The lowest BCUT2D eigenvalue weighted by molar-refractivity contribution is 0.0907. The quantitative estimate of drug-likeness (QED) is 0.389. The van der Waals surface area contributed by atoms with Gasteiger partial charge in [-0.25, -0.2) is 4.39 Å². The molecule has 1 atom stereocenters. The summed E-state index contributed by atoms with van der Waals surface area (Å²) in [7, 11) is 0. The van der Waals surface area contributed by atoms with Gasteiger partial charge in [-0.3, -0.25) is 4.79 Å². The molecule has 0 bridgehead atoms. The maximum absolute atomic E-state index is 13.1. The van der Waals surface area contributed by atoms with Gasteiger partial charge in [-0.15, -0.1) is 0 Å². The summed E-state index contributed by atoms with van der Waals surface area (Å²) in [4.78, 5) is 12.5. The molecular formula is C24H20ClFN2O3. The van der Waals surface area contributed by atoms with Crippen molar-refractivity contribution >= 4 is 17.5 Å². The third-order valence-electron chi connectivity index (χ3n) is 4.79. The van der Waals surface area contributed by atoms with Gasteiger partial charge < -0.3 is 19.0 Å². The van der Waals surface area contributed by atoms with Crippen LogP contribution < -0.4 is 10.1 Å². The Morgan fingerprint density at radius 1 is 1.13 bits per heavy atom. The van der Waals surface area contributed by atoms with Gasteiger partial charge in [0.2, 0.25) is 0 Å². The van der Waals surface area contributed by atoms with Gasteiger partial charge in [-0.2, -0.15) is 0 Å². The van der Waals surface area contributed by atoms with Crippen LogP contribution in [-0.4, -0.2) is 10.5 Å². The van der Waals surface area contributed by atoms with Crippen molar-refractivity contribution in [2.45, 2.75) is 19.6 Å². The van der Waals surface area contributed by atoms with E-state index in [4.69, 9.17) is 20.8 Å². The number of hydrogen-bond donors (Lipinski definition) is 1. The van der Waals surface area contributed by atoms with E-state index in [-0.39, 0.29) is 29.3 Å². The Morgan fingerprint density at radius 2 is 1.87 bits per heavy atom. The van der Waals surface area contributed by atoms with Crippen molar-refractivity contribution in [2.75, 3.05) is 0 Å². The molecule has 1 N–H and O–H groups in total. The number of ether oxygens (including phenoxy) is 1. The predicted molar refractivity (Wildman–Crippen MR) is 116 cm³/mol. The van der Waals surface area contributed by atoms with Gasteiger partial charge in [0.05, 0.1) is 11.1 Å². The molecule has 0 aliphatic rings. The Balaban J connectivity index is 1.35. The number of hydrogen-bond acceptors (Lipinski definition) is 3. The second kappa shape index (κ2) is 9.10. The monoisotopic (exact) mass is 438 g/mol. The lowest BCUT2D eigenvalue weighted by atomic mass is 10.1. The van der Waals surface area contributed by atoms with Crippen LogP contribution >= 0.6 is 11.6 Å². The van der Waals surface area contributed by atoms with E-state index in [9.17, 15) is 9.18 Å². The zero-order valence-electron chi connectivity index (χ0n) is 16.7. The van der Waals surface area contributed by atoms with Crippen LogP contribution in [0.25, 0.3) is 5.69 Å². The highest BCUT2D eigenvalue weighted by Gasteiger charge is 2.16. The Morgan fingerprint density at radius 3 is 2.58 bits per heavy atom. The number of carbonyl (C=O) groups excluding carboxylic acids is 1. The lowest BCUT2D eigenvalue weighted by Crippen LogP contribution is -2.26. The molecule has 4 rings (SSSR count). The summed E-state index contributed by atoms with van der Waals surface area (Å²) in [5.74, 6) is 0.201. The molecule has 2 aromatic carbocycles. The van der Waals surface area contributed by atoms with E-state index in [0.29, 0.717) is 11.5 Å². The molecule has 1 unspecified atom stereocenters. The predicted octanol–water partition coefficient (Wildman–Crippen LogP) is 5.93. The van der Waals surface area contributed by atoms with Crippen LogP contribution in [0, 0.1) is 5.82 Å². The molecule has 4 aromatic rings. The normalized spacial score (nSPS) is 11.8. The minimum Gasteiger partial charge on any atom is -0.484 e. The van der Waals surface area contributed by atoms with Crippen molar-refractivity contribution in [3.05, 3.63) is 107 Å². The molecule has 0 aliphatic heterocycles. The van der Waals surface area contributed by atoms with Crippen LogP contribution in [0.15, 0.2) is 83.5 Å². The van der Waals surface area contributed by atoms with Gasteiger partial charge in [-0.05, 0) is 67.1 Å². The number of carbonyl (C=O) groups is 1. The highest BCUT2D eigenvalue weighted by molar-refractivity contribution is 6.32. The van der Waals surface area contributed by atoms with Crippen molar-refractivity contribution < 1.29 is 18.3 Å². The number of benzene rings is 2. The molecule has 0 saturated carbocycles. The minimum atomic E-state index is -0.442. The van der Waals surface area contributed by atoms with Gasteiger partial charge in [0.1, 0.15) is 23.9 Å². The third-order valence-corrected chi connectivity index (χ3v) is 5.09. The van der Waals surface area contributed by atoms with E-state index in [0.717, 1.165) is 11.3 Å². The standard InChI is InChI=1S/C24H20ClFN2O3/c1-16(17-4-7-19(8-5-17)28-12-2-3-13-28)27-24(29)23-11-9-20(31-23)15-30-22-10-6-18(26)14-21(22)25/h2-14,16H,15H2,1H3,(H,27,29). The van der Waals surface area contributed by atoms with E-state index in [2.05, 4.69) is 5.32 Å². The maximum Gasteiger partial charge on any atom is 0.287 e. The zero-order valence-corrected chi connectivity index (χ0v) is 17.5. The number of nitrogens with one attached hydrogen (secondary N) is 1. The molecule has 0 spiro atoms. The highest BCUT2D eigenvalue weighted by Crippen LogP contribution is 2.26. The first kappa shape index (κ1) is 20.8. The number of aromatic nitrogens is 1. The minimum absolute atomic E-state index is 0.0645. The molecule has 0 fully saturated rings. The lowest BCUT2D eigenvalue weighted by Gasteiger charge is -2.14. The van der Waals surface area contributed by atoms with Crippen LogP contribution in [0.5, 0.6) is 5.75 Å². The number of nitrogens with zero attached hydrogens (tertiary/aromatic N) is 1. The Labute approximate surface area is 184 Å². The second-order valence-corrected chi connectivity index (χ2v) is 7.41. The first-order chi connectivity index (χ1) is 15.0. The van der Waals surface area contributed by atoms with E-state index < -0.39 is 5.82 Å². The summed E-state index contributed by atoms with van der Waals surface area (Å²) >= 11 is 5.94. The number of rotatable bonds is 7. The summed E-state index contributed by atoms with van der Waals surface area (Å²) in [6.07, 6.45) is 3.95. The fraction of sp³-hybridized carbons (Fsp3) is 0.125. The molecule has 2 aromatic heterocycles. The van der Waals surface area contributed by atoms with Crippen molar-refractivity contribution in [3.8, 4) is 11.4 Å². The van der Waals surface area contributed by atoms with Crippen LogP contribution in [0.2, 0.25) is 5.02 Å². The molecule has 158 valence electrons. The smallest absolute Gasteiger partial charge is 0.287 e. The van der Waals surface area contributed by atoms with Gasteiger partial charge in [0.25, 0.3) is 5.91 Å². The molecule has 0 aliphatic carbocycles. The summed E-state index contributed by atoms with van der Waals surface area (Å²) in [6.45, 7) is 1.97. The number of amides is 1. The zero-order chi connectivity index (χ0) is 21.8. The van der Waals surface area contributed by atoms with E-state index in [1.165, 1.54) is 18.2 Å². The van der Waals surface area contributed by atoms with Crippen LogP contribution in [0.1, 0.15) is 34.8 Å². The van der Waals surface area contributed by atoms with Crippen LogP contribution in [-0.2, 0) is 6.61 Å². The average molecular weight is 439 g/mol. The number of furan rings is 1. The summed E-state index contributed by atoms with van der Waals surface area (Å²) in [5, 5.41) is 3.09. The third kappa shape index (κ3) is 4.98. The molecule has 0 radical (unpaired) electrons. The van der Waals surface area contributed by atoms with Crippen molar-refractivity contribution in [1.29, 1.82) is 0 Å². The summed E-state index contributed by atoms with van der Waals surface area (Å²) in [5.41, 5.74) is 2.02. The van der Waals surface area contributed by atoms with Gasteiger partial charge in [-0.1, -0.05) is 23.7 Å². The van der Waals surface area contributed by atoms with Crippen molar-refractivity contribution in [1.82, 2.24) is 9.88 Å². The Bertz CT molecular complexity index is 1170. The molecular weight excluding hydrogens is 419 g/mol. The largest absolute Gasteiger partial charge is 0.484 e. The summed E-state index contributed by atoms with van der Waals surface area (Å²) in [6, 6.07) is 18.8. The average Bonchev–Trinajstić information content (AvgIpc) is 3.46. The second-order valence-electron chi connectivity index (χ2n) is 7.01. The van der Waals surface area contributed by atoms with Crippen molar-refractivity contribution in [2.24, 2.45) is 0 Å². The molecule has 2 heterocycles. The molecule has 5 nitrogen and oxygen atoms in total. The van der Waals surface area contributed by atoms with Crippen LogP contribution in [0.3, 0.4) is 0 Å². The SMILES string of the molecule is CC(NC(=O)c1ccc(COc2ccc(F)cc2Cl)o1)c1ccc(-n2cccc2)cc1. The summed E-state index contributed by atoms with van der Waals surface area (Å²) < 4.78 is 26.2. The molecule has 31 heavy (non-hydrogen) atoms. The highest BCUT2D eigenvalue weighted by atomic mass is 35.5. The topological polar surface area (TPSA) is 56.4 Å². The maximum atomic E-state index is 13.1. The molecule has 0 saturated heterocycles. The van der Waals surface area contributed by atoms with E-state index >= 15 is 0 Å². The van der Waals surface area contributed by atoms with Gasteiger partial charge in [0, 0.05) is 18.1 Å². The first-order valence-electron chi connectivity index (χ1n) is 9.70. The fourth-order valence-corrected chi connectivity index (χ4v) is 3.33. The molecule has 7 heteroatoms. The fourth-order valence-electron chi connectivity index (χ4n) is 3.11. The Kier molecular flexibility index (Phi) is 6.09.